The maximum atomic E-state index is 8.63. The molecule has 0 spiro atoms. The molecule has 0 saturated carbocycles. The SMILES string of the molecule is O=S(=O)([O-])O.OCCC[n+]1cc[nH]c1. The zero-order valence-electron chi connectivity index (χ0n) is 7.33. The molecule has 8 heteroatoms. The van der Waals surface area contributed by atoms with Crippen molar-refractivity contribution < 1.29 is 27.2 Å². The molecule has 0 fully saturated rings. The Morgan fingerprint density at radius 1 is 1.50 bits per heavy atom. The van der Waals surface area contributed by atoms with E-state index in [-0.39, 0.29) is 6.61 Å². The van der Waals surface area contributed by atoms with Gasteiger partial charge in [-0.05, 0) is 0 Å². The first-order chi connectivity index (χ1) is 6.43. The summed E-state index contributed by atoms with van der Waals surface area (Å²) in [7, 11) is -4.92. The number of H-pyrrole nitrogens is 1. The molecular weight excluding hydrogens is 212 g/mol. The number of nitrogens with one attached hydrogen (secondary N) is 1. The normalized spacial score (nSPS) is 10.5. The number of aromatic nitrogens is 2. The Hall–Kier alpha value is -0.960. The Labute approximate surface area is 81.6 Å². The number of nitrogens with zero attached hydrogens (tertiary/aromatic N) is 1. The van der Waals surface area contributed by atoms with E-state index in [9.17, 15) is 0 Å². The molecule has 0 bridgehead atoms. The van der Waals surface area contributed by atoms with Crippen LogP contribution in [0.1, 0.15) is 6.42 Å². The molecule has 0 amide bonds. The van der Waals surface area contributed by atoms with Crippen LogP contribution >= 0.6 is 0 Å². The second kappa shape index (κ2) is 6.49. The molecule has 0 radical (unpaired) electrons. The lowest BCUT2D eigenvalue weighted by atomic mass is 10.4. The van der Waals surface area contributed by atoms with Gasteiger partial charge in [0.15, 0.2) is 0 Å². The molecule has 0 atom stereocenters. The van der Waals surface area contributed by atoms with Gasteiger partial charge in [0.05, 0.1) is 6.54 Å². The van der Waals surface area contributed by atoms with Crippen molar-refractivity contribution in [2.45, 2.75) is 13.0 Å². The average molecular weight is 224 g/mol. The van der Waals surface area contributed by atoms with Gasteiger partial charge in [0.1, 0.15) is 12.4 Å². The third kappa shape index (κ3) is 11.0. The third-order valence-electron chi connectivity index (χ3n) is 1.18. The van der Waals surface area contributed by atoms with E-state index in [0.717, 1.165) is 13.0 Å². The number of imidazole rings is 1. The van der Waals surface area contributed by atoms with E-state index in [0.29, 0.717) is 0 Å². The standard InChI is InChI=1S/C6H10N2O.H2O4S/c9-5-1-3-8-4-2-7-6-8;1-5(2,3)4/h2,4,6,9H,1,3,5H2;(H2,1,2,3,4). The number of aromatic amines is 1. The second-order valence-corrected chi connectivity index (χ2v) is 3.21. The highest BCUT2D eigenvalue weighted by Gasteiger charge is 1.92. The van der Waals surface area contributed by atoms with Gasteiger partial charge in [-0.15, -0.1) is 0 Å². The van der Waals surface area contributed by atoms with Crippen molar-refractivity contribution in [1.82, 2.24) is 4.98 Å². The number of hydrogen-bond donors (Lipinski definition) is 3. The fourth-order valence-electron chi connectivity index (χ4n) is 0.713. The Balaban J connectivity index is 0.000000292. The fourth-order valence-corrected chi connectivity index (χ4v) is 0.713. The molecule has 1 aromatic rings. The maximum absolute atomic E-state index is 8.63. The summed E-state index contributed by atoms with van der Waals surface area (Å²) in [5.74, 6) is 0. The van der Waals surface area contributed by atoms with Crippen LogP contribution in [-0.2, 0) is 16.9 Å². The van der Waals surface area contributed by atoms with E-state index in [1.165, 1.54) is 0 Å². The van der Waals surface area contributed by atoms with Crippen molar-refractivity contribution in [1.29, 1.82) is 0 Å². The van der Waals surface area contributed by atoms with Crippen LogP contribution in [0.2, 0.25) is 0 Å². The van der Waals surface area contributed by atoms with E-state index in [1.807, 2.05) is 23.3 Å². The molecule has 0 aliphatic carbocycles. The number of aliphatic hydroxyl groups excluding tert-OH is 1. The van der Waals surface area contributed by atoms with Crippen LogP contribution in [0, 0.1) is 0 Å². The predicted octanol–water partition coefficient (Wildman–Crippen LogP) is -1.31. The van der Waals surface area contributed by atoms with Gasteiger partial charge in [0.2, 0.25) is 16.7 Å². The summed E-state index contributed by atoms with van der Waals surface area (Å²) in [6.45, 7) is 1.15. The van der Waals surface area contributed by atoms with Crippen molar-refractivity contribution in [2.24, 2.45) is 0 Å². The van der Waals surface area contributed by atoms with Gasteiger partial charge in [-0.25, -0.2) is 13.0 Å². The van der Waals surface area contributed by atoms with Crippen LogP contribution in [-0.4, -0.2) is 34.2 Å². The zero-order valence-corrected chi connectivity index (χ0v) is 8.14. The Morgan fingerprint density at radius 2 is 2.07 bits per heavy atom. The Kier molecular flexibility index (Phi) is 6.04. The van der Waals surface area contributed by atoms with E-state index in [4.69, 9.17) is 22.6 Å². The van der Waals surface area contributed by atoms with Crippen molar-refractivity contribution in [3.05, 3.63) is 18.7 Å². The molecule has 0 aliphatic rings. The molecule has 3 N–H and O–H groups in total. The molecule has 0 aliphatic heterocycles. The minimum atomic E-state index is -4.92. The molecule has 0 unspecified atom stereocenters. The van der Waals surface area contributed by atoms with Crippen LogP contribution in [0.25, 0.3) is 0 Å². The minimum Gasteiger partial charge on any atom is -0.726 e. The summed E-state index contributed by atoms with van der Waals surface area (Å²) < 4.78 is 34.8. The molecule has 1 heterocycles. The molecule has 0 saturated heterocycles. The first-order valence-electron chi connectivity index (χ1n) is 3.74. The molecule has 1 rings (SSSR count). The van der Waals surface area contributed by atoms with Crippen LogP contribution in [0.15, 0.2) is 18.7 Å². The van der Waals surface area contributed by atoms with Crippen molar-refractivity contribution in [2.75, 3.05) is 6.61 Å². The first kappa shape index (κ1) is 13.0. The van der Waals surface area contributed by atoms with Crippen molar-refractivity contribution in [3.63, 3.8) is 0 Å². The second-order valence-electron chi connectivity index (χ2n) is 2.35. The summed E-state index contributed by atoms with van der Waals surface area (Å²) in [6.07, 6.45) is 6.49. The highest BCUT2D eigenvalue weighted by atomic mass is 32.3. The molecule has 7 nitrogen and oxygen atoms in total. The minimum absolute atomic E-state index is 0.262. The highest BCUT2D eigenvalue weighted by Crippen LogP contribution is 1.75. The lowest BCUT2D eigenvalue weighted by molar-refractivity contribution is -0.696. The summed E-state index contributed by atoms with van der Waals surface area (Å²) >= 11 is 0. The smallest absolute Gasteiger partial charge is 0.241 e. The zero-order chi connectivity index (χ0) is 11.0. The lowest BCUT2D eigenvalue weighted by Crippen LogP contribution is -2.30. The largest absolute Gasteiger partial charge is 0.726 e. The van der Waals surface area contributed by atoms with Gasteiger partial charge in [-0.3, -0.25) is 9.54 Å². The van der Waals surface area contributed by atoms with Gasteiger partial charge >= 0.3 is 0 Å². The van der Waals surface area contributed by atoms with Crippen molar-refractivity contribution in [3.8, 4) is 0 Å². The van der Waals surface area contributed by atoms with Gasteiger partial charge in [-0.2, -0.15) is 0 Å². The number of aryl methyl sites for hydroxylation is 1. The highest BCUT2D eigenvalue weighted by molar-refractivity contribution is 7.79. The fraction of sp³-hybridized carbons (Fsp3) is 0.500. The van der Waals surface area contributed by atoms with Crippen molar-refractivity contribution >= 4 is 10.4 Å². The maximum Gasteiger partial charge on any atom is 0.241 e. The van der Waals surface area contributed by atoms with E-state index in [2.05, 4.69) is 4.98 Å². The average Bonchev–Trinajstić information content (AvgIpc) is 2.49. The van der Waals surface area contributed by atoms with Gasteiger partial charge < -0.3 is 9.66 Å². The molecule has 0 aromatic carbocycles. The third-order valence-corrected chi connectivity index (χ3v) is 1.18. The Morgan fingerprint density at radius 3 is 2.43 bits per heavy atom. The van der Waals surface area contributed by atoms with Crippen LogP contribution < -0.4 is 4.57 Å². The van der Waals surface area contributed by atoms with E-state index < -0.39 is 10.4 Å². The van der Waals surface area contributed by atoms with Crippen LogP contribution in [0.3, 0.4) is 0 Å². The van der Waals surface area contributed by atoms with Crippen LogP contribution in [0.4, 0.5) is 0 Å². The predicted molar refractivity (Wildman–Crippen MR) is 45.0 cm³/mol. The quantitative estimate of drug-likeness (QED) is 0.335. The van der Waals surface area contributed by atoms with Crippen LogP contribution in [0.5, 0.6) is 0 Å². The van der Waals surface area contributed by atoms with Gasteiger partial charge in [-0.1, -0.05) is 0 Å². The molecular formula is C6H12N2O5S. The molecule has 82 valence electrons. The van der Waals surface area contributed by atoms with Gasteiger partial charge in [0.25, 0.3) is 0 Å². The number of aliphatic hydroxyl groups is 1. The summed E-state index contributed by atoms with van der Waals surface area (Å²) in [6, 6.07) is 0. The summed E-state index contributed by atoms with van der Waals surface area (Å²) in [5.41, 5.74) is 0. The lowest BCUT2D eigenvalue weighted by Gasteiger charge is -1.89. The summed E-state index contributed by atoms with van der Waals surface area (Å²) in [5, 5.41) is 8.44. The van der Waals surface area contributed by atoms with E-state index in [1.54, 1.807) is 0 Å². The number of hydrogen-bond acceptors (Lipinski definition) is 4. The van der Waals surface area contributed by atoms with Gasteiger partial charge in [0, 0.05) is 13.0 Å². The molecule has 1 aromatic heterocycles. The summed E-state index contributed by atoms with van der Waals surface area (Å²) in [4.78, 5) is 2.92. The topological polar surface area (TPSA) is 117 Å². The first-order valence-corrected chi connectivity index (χ1v) is 5.11. The molecule has 14 heavy (non-hydrogen) atoms. The Bertz CT molecular complexity index is 312. The monoisotopic (exact) mass is 224 g/mol. The number of rotatable bonds is 3. The van der Waals surface area contributed by atoms with E-state index >= 15 is 0 Å².